The predicted molar refractivity (Wildman–Crippen MR) is 98.2 cm³/mol. The maximum atomic E-state index is 13.0. The number of phenols is 2. The van der Waals surface area contributed by atoms with Gasteiger partial charge in [-0.05, 0) is 30.5 Å². The van der Waals surface area contributed by atoms with Crippen molar-refractivity contribution in [3.63, 3.8) is 0 Å². The van der Waals surface area contributed by atoms with Crippen molar-refractivity contribution < 1.29 is 24.5 Å². The van der Waals surface area contributed by atoms with Crippen LogP contribution in [-0.2, 0) is 0 Å². The molecule has 0 bridgehead atoms. The molecule has 0 heterocycles. The van der Waals surface area contributed by atoms with Gasteiger partial charge in [-0.3, -0.25) is 9.59 Å². The standard InChI is InChI=1S/C21H20O5/c1-10(2)5-6-13-11(3)7-14-18(20(13)24)21(25)17-15(19(14)23)8-12(26-4)9-16(17)22/h5-10,22,24H,1-4H3. The quantitative estimate of drug-likeness (QED) is 0.748. The molecule has 0 aliphatic heterocycles. The van der Waals surface area contributed by atoms with Gasteiger partial charge >= 0.3 is 0 Å². The van der Waals surface area contributed by atoms with Crippen LogP contribution in [0, 0.1) is 12.8 Å². The van der Waals surface area contributed by atoms with Gasteiger partial charge in [-0.2, -0.15) is 0 Å². The fourth-order valence-corrected chi connectivity index (χ4v) is 3.13. The van der Waals surface area contributed by atoms with E-state index in [9.17, 15) is 19.8 Å². The number of ether oxygens (including phenoxy) is 1. The van der Waals surface area contributed by atoms with E-state index in [4.69, 9.17) is 4.74 Å². The van der Waals surface area contributed by atoms with Crippen LogP contribution >= 0.6 is 0 Å². The van der Waals surface area contributed by atoms with Gasteiger partial charge in [-0.1, -0.05) is 26.0 Å². The molecule has 1 aliphatic rings. The predicted octanol–water partition coefficient (Wildman–Crippen LogP) is 3.86. The number of carbonyl (C=O) groups is 2. The molecule has 5 heteroatoms. The summed E-state index contributed by atoms with van der Waals surface area (Å²) in [5, 5.41) is 20.9. The zero-order valence-corrected chi connectivity index (χ0v) is 15.1. The van der Waals surface area contributed by atoms with Crippen LogP contribution in [0.5, 0.6) is 17.2 Å². The third kappa shape index (κ3) is 2.65. The Morgan fingerprint density at radius 3 is 2.27 bits per heavy atom. The number of aromatic hydroxyl groups is 2. The van der Waals surface area contributed by atoms with Crippen LogP contribution in [0.3, 0.4) is 0 Å². The molecule has 1 aliphatic carbocycles. The maximum Gasteiger partial charge on any atom is 0.201 e. The number of ketones is 2. The molecule has 5 nitrogen and oxygen atoms in total. The van der Waals surface area contributed by atoms with E-state index >= 15 is 0 Å². The molecular weight excluding hydrogens is 332 g/mol. The second-order valence-corrected chi connectivity index (χ2v) is 6.71. The number of aryl methyl sites for hydroxylation is 1. The summed E-state index contributed by atoms with van der Waals surface area (Å²) in [5.74, 6) is -1.05. The zero-order chi connectivity index (χ0) is 19.2. The zero-order valence-electron chi connectivity index (χ0n) is 15.1. The smallest absolute Gasteiger partial charge is 0.201 e. The molecule has 0 saturated heterocycles. The SMILES string of the molecule is COc1cc(O)c2c(c1)C(=O)c1cc(C)c(C=CC(C)C)c(O)c1C2=O. The minimum Gasteiger partial charge on any atom is -0.507 e. The number of hydrogen-bond acceptors (Lipinski definition) is 5. The fourth-order valence-electron chi connectivity index (χ4n) is 3.13. The van der Waals surface area contributed by atoms with Gasteiger partial charge in [0.05, 0.1) is 18.2 Å². The van der Waals surface area contributed by atoms with Crippen molar-refractivity contribution in [2.45, 2.75) is 20.8 Å². The minimum absolute atomic E-state index is 0.0722. The third-order valence-electron chi connectivity index (χ3n) is 4.46. The van der Waals surface area contributed by atoms with E-state index in [1.165, 1.54) is 19.2 Å². The number of fused-ring (bicyclic) bond motifs is 2. The number of carbonyl (C=O) groups excluding carboxylic acids is 2. The first-order valence-electron chi connectivity index (χ1n) is 8.31. The lowest BCUT2D eigenvalue weighted by Gasteiger charge is -2.22. The van der Waals surface area contributed by atoms with Crippen LogP contribution in [0.2, 0.25) is 0 Å². The van der Waals surface area contributed by atoms with Gasteiger partial charge < -0.3 is 14.9 Å². The average molecular weight is 352 g/mol. The van der Waals surface area contributed by atoms with Crippen LogP contribution in [0.25, 0.3) is 6.08 Å². The summed E-state index contributed by atoms with van der Waals surface area (Å²) in [6.07, 6.45) is 3.65. The number of rotatable bonds is 3. The van der Waals surface area contributed by atoms with Gasteiger partial charge in [0.1, 0.15) is 17.2 Å². The first-order chi connectivity index (χ1) is 12.3. The van der Waals surface area contributed by atoms with Crippen molar-refractivity contribution in [1.82, 2.24) is 0 Å². The molecule has 0 saturated carbocycles. The molecule has 2 aromatic carbocycles. The van der Waals surface area contributed by atoms with Crippen molar-refractivity contribution in [2.24, 2.45) is 5.92 Å². The van der Waals surface area contributed by atoms with Gasteiger partial charge in [0.25, 0.3) is 0 Å². The number of benzene rings is 2. The molecule has 0 fully saturated rings. The van der Waals surface area contributed by atoms with E-state index in [1.54, 1.807) is 19.1 Å². The van der Waals surface area contributed by atoms with E-state index < -0.39 is 11.6 Å². The Hall–Kier alpha value is -3.08. The largest absolute Gasteiger partial charge is 0.507 e. The highest BCUT2D eigenvalue weighted by Gasteiger charge is 2.36. The minimum atomic E-state index is -0.577. The normalized spacial score (nSPS) is 13.3. The lowest BCUT2D eigenvalue weighted by atomic mass is 9.81. The molecule has 0 radical (unpaired) electrons. The average Bonchev–Trinajstić information content (AvgIpc) is 2.57. The van der Waals surface area contributed by atoms with Crippen LogP contribution in [-0.4, -0.2) is 28.9 Å². The van der Waals surface area contributed by atoms with Crippen molar-refractivity contribution in [3.05, 3.63) is 57.7 Å². The van der Waals surface area contributed by atoms with E-state index in [2.05, 4.69) is 0 Å². The first kappa shape index (κ1) is 17.7. The van der Waals surface area contributed by atoms with Gasteiger partial charge in [-0.15, -0.1) is 0 Å². The van der Waals surface area contributed by atoms with Crippen LogP contribution < -0.4 is 4.74 Å². The topological polar surface area (TPSA) is 83.8 Å². The molecule has 3 rings (SSSR count). The Kier molecular flexibility index (Phi) is 4.32. The lowest BCUT2D eigenvalue weighted by Crippen LogP contribution is -2.22. The van der Waals surface area contributed by atoms with Gasteiger partial charge in [0, 0.05) is 22.8 Å². The fraction of sp³-hybridized carbons (Fsp3) is 0.238. The summed E-state index contributed by atoms with van der Waals surface area (Å²) in [5.41, 5.74) is 1.21. The highest BCUT2D eigenvalue weighted by molar-refractivity contribution is 6.30. The Bertz CT molecular complexity index is 967. The van der Waals surface area contributed by atoms with Gasteiger partial charge in [0.2, 0.25) is 5.78 Å². The molecule has 0 unspecified atom stereocenters. The number of allylic oxidation sites excluding steroid dienone is 1. The van der Waals surface area contributed by atoms with Crippen molar-refractivity contribution in [2.75, 3.05) is 7.11 Å². The van der Waals surface area contributed by atoms with Gasteiger partial charge in [0.15, 0.2) is 5.78 Å². The summed E-state index contributed by atoms with van der Waals surface area (Å²) in [7, 11) is 1.41. The van der Waals surface area contributed by atoms with E-state index in [0.717, 1.165) is 0 Å². The van der Waals surface area contributed by atoms with Crippen molar-refractivity contribution in [1.29, 1.82) is 0 Å². The highest BCUT2D eigenvalue weighted by Crippen LogP contribution is 2.41. The third-order valence-corrected chi connectivity index (χ3v) is 4.46. The molecular formula is C21H20O5. The highest BCUT2D eigenvalue weighted by atomic mass is 16.5. The molecule has 2 N–H and O–H groups in total. The summed E-state index contributed by atoms with van der Waals surface area (Å²) in [6, 6.07) is 4.31. The Morgan fingerprint density at radius 2 is 1.65 bits per heavy atom. The van der Waals surface area contributed by atoms with Crippen molar-refractivity contribution in [3.8, 4) is 17.2 Å². The summed E-state index contributed by atoms with van der Waals surface area (Å²) in [4.78, 5) is 25.9. The second kappa shape index (κ2) is 6.33. The molecule has 2 aromatic rings. The molecule has 0 amide bonds. The summed E-state index contributed by atoms with van der Waals surface area (Å²) < 4.78 is 5.07. The van der Waals surface area contributed by atoms with Crippen LogP contribution in [0.15, 0.2) is 24.3 Å². The molecule has 0 aromatic heterocycles. The van der Waals surface area contributed by atoms with Crippen LogP contribution in [0.1, 0.15) is 56.8 Å². The molecule has 26 heavy (non-hydrogen) atoms. The number of hydrogen-bond donors (Lipinski definition) is 2. The second-order valence-electron chi connectivity index (χ2n) is 6.71. The van der Waals surface area contributed by atoms with Crippen molar-refractivity contribution >= 4 is 17.6 Å². The molecule has 0 spiro atoms. The Morgan fingerprint density at radius 1 is 1.00 bits per heavy atom. The van der Waals surface area contributed by atoms with Crippen LogP contribution in [0.4, 0.5) is 0 Å². The monoisotopic (exact) mass is 352 g/mol. The van der Waals surface area contributed by atoms with E-state index in [0.29, 0.717) is 11.1 Å². The first-order valence-corrected chi connectivity index (χ1v) is 8.31. The Labute approximate surface area is 151 Å². The number of methoxy groups -OCH3 is 1. The van der Waals surface area contributed by atoms with E-state index in [1.807, 2.05) is 19.9 Å². The molecule has 0 atom stereocenters. The maximum absolute atomic E-state index is 13.0. The summed E-state index contributed by atoms with van der Waals surface area (Å²) >= 11 is 0. The Balaban J connectivity index is 2.28. The van der Waals surface area contributed by atoms with E-state index in [-0.39, 0.29) is 45.4 Å². The number of phenolic OH excluding ortho intramolecular Hbond substituents is 2. The molecule has 134 valence electrons. The van der Waals surface area contributed by atoms with Gasteiger partial charge in [-0.25, -0.2) is 0 Å². The lowest BCUT2D eigenvalue weighted by molar-refractivity contribution is 0.0974. The summed E-state index contributed by atoms with van der Waals surface area (Å²) in [6.45, 7) is 5.77.